The van der Waals surface area contributed by atoms with Crippen LogP contribution in [0.15, 0.2) is 23.5 Å². The van der Waals surface area contributed by atoms with E-state index in [2.05, 4.69) is 38.9 Å². The van der Waals surface area contributed by atoms with Gasteiger partial charge in [-0.1, -0.05) is 19.8 Å². The first-order valence-electron chi connectivity index (χ1n) is 9.81. The Bertz CT molecular complexity index is 544. The second-order valence-corrected chi connectivity index (χ2v) is 7.25. The molecule has 1 aliphatic heterocycles. The maximum atomic E-state index is 5.04. The molecule has 0 atom stereocenters. The van der Waals surface area contributed by atoms with Crippen LogP contribution in [0.2, 0.25) is 0 Å². The molecule has 0 amide bonds. The molecule has 2 fully saturated rings. The van der Waals surface area contributed by atoms with Crippen LogP contribution in [0.4, 0.5) is 5.95 Å². The fourth-order valence-corrected chi connectivity index (χ4v) is 3.99. The van der Waals surface area contributed by atoms with Gasteiger partial charge in [0.25, 0.3) is 0 Å². The third-order valence-corrected chi connectivity index (χ3v) is 5.73. The Balaban J connectivity index is 1.61. The Morgan fingerprint density at radius 2 is 1.80 bits per heavy atom. The molecule has 1 aromatic rings. The molecule has 2 heterocycles. The van der Waals surface area contributed by atoms with Crippen LogP contribution < -0.4 is 10.2 Å². The normalized spacial score (nSPS) is 20.8. The summed E-state index contributed by atoms with van der Waals surface area (Å²) >= 11 is 0. The maximum absolute atomic E-state index is 5.04. The summed E-state index contributed by atoms with van der Waals surface area (Å²) in [5, 5.41) is 3.50. The Labute approximate surface area is 151 Å². The van der Waals surface area contributed by atoms with Crippen LogP contribution in [0, 0.1) is 5.41 Å². The molecule has 6 heteroatoms. The zero-order chi connectivity index (χ0) is 17.5. The number of rotatable bonds is 5. The minimum Gasteiger partial charge on any atom is -0.357 e. The van der Waals surface area contributed by atoms with E-state index in [9.17, 15) is 0 Å². The second-order valence-electron chi connectivity index (χ2n) is 7.25. The number of aliphatic imine (C=N–C) groups is 1. The van der Waals surface area contributed by atoms with Crippen LogP contribution in [-0.2, 0) is 0 Å². The lowest BCUT2D eigenvalue weighted by atomic mass is 9.83. The molecule has 3 rings (SSSR count). The van der Waals surface area contributed by atoms with Crippen LogP contribution in [-0.4, -0.2) is 60.1 Å². The number of aromatic nitrogens is 2. The van der Waals surface area contributed by atoms with E-state index in [1.807, 2.05) is 18.5 Å². The molecule has 1 aliphatic carbocycles. The third kappa shape index (κ3) is 4.41. The Hall–Kier alpha value is -1.85. The molecule has 6 nitrogen and oxygen atoms in total. The fraction of sp³-hybridized carbons (Fsp3) is 0.737. The first-order chi connectivity index (χ1) is 12.3. The number of anilines is 1. The van der Waals surface area contributed by atoms with Crippen molar-refractivity contribution in [2.75, 3.05) is 44.2 Å². The van der Waals surface area contributed by atoms with Gasteiger partial charge < -0.3 is 15.1 Å². The minimum atomic E-state index is 0.445. The van der Waals surface area contributed by atoms with Crippen molar-refractivity contribution >= 4 is 11.9 Å². The molecule has 0 bridgehead atoms. The van der Waals surface area contributed by atoms with E-state index >= 15 is 0 Å². The number of nitrogens with one attached hydrogen (secondary N) is 1. The van der Waals surface area contributed by atoms with E-state index in [0.29, 0.717) is 5.41 Å². The molecule has 1 saturated carbocycles. The van der Waals surface area contributed by atoms with E-state index in [1.54, 1.807) is 0 Å². The summed E-state index contributed by atoms with van der Waals surface area (Å²) in [4.78, 5) is 18.4. The highest BCUT2D eigenvalue weighted by atomic mass is 15.4. The van der Waals surface area contributed by atoms with Gasteiger partial charge in [0.15, 0.2) is 5.96 Å². The zero-order valence-electron chi connectivity index (χ0n) is 15.7. The first-order valence-corrected chi connectivity index (χ1v) is 9.81. The molecule has 25 heavy (non-hydrogen) atoms. The smallest absolute Gasteiger partial charge is 0.225 e. The Morgan fingerprint density at radius 3 is 2.40 bits per heavy atom. The van der Waals surface area contributed by atoms with Crippen LogP contribution in [0.3, 0.4) is 0 Å². The van der Waals surface area contributed by atoms with Gasteiger partial charge in [0.1, 0.15) is 0 Å². The predicted octanol–water partition coefficient (Wildman–Crippen LogP) is 2.53. The van der Waals surface area contributed by atoms with Gasteiger partial charge >= 0.3 is 0 Å². The van der Waals surface area contributed by atoms with Crippen molar-refractivity contribution in [3.63, 3.8) is 0 Å². The molecule has 0 aromatic carbocycles. The number of hydrogen-bond donors (Lipinski definition) is 1. The lowest BCUT2D eigenvalue weighted by Crippen LogP contribution is -2.53. The molecular formula is C19H32N6. The number of piperazine rings is 1. The third-order valence-electron chi connectivity index (χ3n) is 5.73. The zero-order valence-corrected chi connectivity index (χ0v) is 15.7. The topological polar surface area (TPSA) is 56.7 Å². The van der Waals surface area contributed by atoms with Gasteiger partial charge in [-0.3, -0.25) is 4.99 Å². The van der Waals surface area contributed by atoms with Gasteiger partial charge in [-0.25, -0.2) is 9.97 Å². The van der Waals surface area contributed by atoms with Crippen molar-refractivity contribution in [1.82, 2.24) is 20.2 Å². The summed E-state index contributed by atoms with van der Waals surface area (Å²) < 4.78 is 0. The molecular weight excluding hydrogens is 312 g/mol. The van der Waals surface area contributed by atoms with Crippen molar-refractivity contribution < 1.29 is 0 Å². The lowest BCUT2D eigenvalue weighted by Gasteiger charge is -2.37. The van der Waals surface area contributed by atoms with Gasteiger partial charge in [-0.2, -0.15) is 0 Å². The quantitative estimate of drug-likeness (QED) is 0.657. The highest BCUT2D eigenvalue weighted by molar-refractivity contribution is 5.80. The number of nitrogens with zero attached hydrogens (tertiary/aromatic N) is 5. The van der Waals surface area contributed by atoms with Gasteiger partial charge in [0.05, 0.1) is 0 Å². The average Bonchev–Trinajstić information content (AvgIpc) is 3.15. The maximum Gasteiger partial charge on any atom is 0.225 e. The van der Waals surface area contributed by atoms with Gasteiger partial charge in [-0.05, 0) is 37.7 Å². The van der Waals surface area contributed by atoms with Gasteiger partial charge in [0.2, 0.25) is 5.95 Å². The molecule has 1 N–H and O–H groups in total. The van der Waals surface area contributed by atoms with Crippen LogP contribution in [0.5, 0.6) is 0 Å². The molecule has 0 unspecified atom stereocenters. The van der Waals surface area contributed by atoms with Crippen LogP contribution in [0.1, 0.15) is 46.0 Å². The van der Waals surface area contributed by atoms with Crippen LogP contribution in [0.25, 0.3) is 0 Å². The summed E-state index contributed by atoms with van der Waals surface area (Å²) in [6.07, 6.45) is 10.3. The fourth-order valence-electron chi connectivity index (χ4n) is 3.99. The SMILES string of the molecule is CCNC(=NCC1(CC)CCCC1)N1CCN(c2ncccn2)CC1. The van der Waals surface area contributed by atoms with Crippen molar-refractivity contribution in [2.45, 2.75) is 46.0 Å². The van der Waals surface area contributed by atoms with E-state index in [4.69, 9.17) is 4.99 Å². The average molecular weight is 345 g/mol. The van der Waals surface area contributed by atoms with Gasteiger partial charge in [0, 0.05) is 51.7 Å². The predicted molar refractivity (Wildman–Crippen MR) is 103 cm³/mol. The van der Waals surface area contributed by atoms with Gasteiger partial charge in [-0.15, -0.1) is 0 Å². The summed E-state index contributed by atoms with van der Waals surface area (Å²) in [6, 6.07) is 1.86. The first kappa shape index (κ1) is 18.0. The Kier molecular flexibility index (Phi) is 6.10. The molecule has 1 saturated heterocycles. The second kappa shape index (κ2) is 8.50. The van der Waals surface area contributed by atoms with Crippen molar-refractivity contribution in [3.05, 3.63) is 18.5 Å². The lowest BCUT2D eigenvalue weighted by molar-refractivity contribution is 0.293. The van der Waals surface area contributed by atoms with E-state index in [-0.39, 0.29) is 0 Å². The molecule has 0 radical (unpaired) electrons. The van der Waals surface area contributed by atoms with E-state index < -0.39 is 0 Å². The largest absolute Gasteiger partial charge is 0.357 e. The van der Waals surface area contributed by atoms with Crippen LogP contribution >= 0.6 is 0 Å². The summed E-state index contributed by atoms with van der Waals surface area (Å²) in [5.41, 5.74) is 0.445. The Morgan fingerprint density at radius 1 is 1.12 bits per heavy atom. The summed E-state index contributed by atoms with van der Waals surface area (Å²) in [5.74, 6) is 1.91. The van der Waals surface area contributed by atoms with Crippen molar-refractivity contribution in [3.8, 4) is 0 Å². The monoisotopic (exact) mass is 344 g/mol. The van der Waals surface area contributed by atoms with Crippen molar-refractivity contribution in [1.29, 1.82) is 0 Å². The molecule has 1 aromatic heterocycles. The minimum absolute atomic E-state index is 0.445. The summed E-state index contributed by atoms with van der Waals surface area (Å²) in [7, 11) is 0. The highest BCUT2D eigenvalue weighted by Crippen LogP contribution is 2.41. The number of guanidine groups is 1. The highest BCUT2D eigenvalue weighted by Gasteiger charge is 2.32. The van der Waals surface area contributed by atoms with E-state index in [0.717, 1.165) is 51.2 Å². The van der Waals surface area contributed by atoms with E-state index in [1.165, 1.54) is 32.1 Å². The molecule has 2 aliphatic rings. The molecule has 138 valence electrons. The molecule has 0 spiro atoms. The number of hydrogen-bond acceptors (Lipinski definition) is 4. The van der Waals surface area contributed by atoms with Crippen molar-refractivity contribution in [2.24, 2.45) is 10.4 Å². The standard InChI is InChI=1S/C19H32N6/c1-3-19(8-5-6-9-19)16-23-17(20-4-2)24-12-14-25(15-13-24)18-21-10-7-11-22-18/h7,10-11H,3-6,8-9,12-16H2,1-2H3,(H,20,23). The summed E-state index contributed by atoms with van der Waals surface area (Å²) in [6.45, 7) is 10.2.